The molecule has 8 aromatic rings. The Bertz CT molecular complexity index is 2510. The molecule has 3 aromatic heterocycles. The fourth-order valence-electron chi connectivity index (χ4n) is 5.26. The lowest BCUT2D eigenvalue weighted by molar-refractivity contribution is 0.360. The molecule has 16 heteroatoms. The maximum Gasteiger partial charge on any atom is 0.331 e. The van der Waals surface area contributed by atoms with E-state index in [1.807, 2.05) is 12.1 Å². The van der Waals surface area contributed by atoms with Gasteiger partial charge in [0, 0.05) is 22.2 Å². The van der Waals surface area contributed by atoms with Crippen molar-refractivity contribution in [3.63, 3.8) is 0 Å². The Morgan fingerprint density at radius 3 is 1.30 bits per heavy atom. The van der Waals surface area contributed by atoms with Crippen LogP contribution < -0.4 is 14.2 Å². The average molecular weight is 749 g/mol. The Balaban J connectivity index is 1.09. The number of hydrogen-bond acceptors (Lipinski definition) is 12. The van der Waals surface area contributed by atoms with Crippen LogP contribution in [0.25, 0.3) is 33.4 Å². The standard InChI is InChI=1S/C37H27Cl2N9O5/c1-37(2,3)20-4-8-23(9-5-20)51-34-40-35(52-24-10-14-30(32(49)18-24)47-43-26-12-6-21(38)16-28(26)45-47)42-36(41-34)53-25-11-15-31(33(50)19-25)48-44-27-13-7-22(39)17-29(27)46-48/h4-19,49-50H,1-3H3. The number of hydrogen-bond donors (Lipinski definition) is 2. The van der Waals surface area contributed by atoms with E-state index in [1.165, 1.54) is 21.7 Å². The summed E-state index contributed by atoms with van der Waals surface area (Å²) < 4.78 is 17.9. The van der Waals surface area contributed by atoms with Crippen molar-refractivity contribution in [3.8, 4) is 58.2 Å². The van der Waals surface area contributed by atoms with E-state index in [4.69, 9.17) is 37.4 Å². The number of rotatable bonds is 8. The molecule has 2 N–H and O–H groups in total. The molecule has 0 fully saturated rings. The van der Waals surface area contributed by atoms with E-state index in [1.54, 1.807) is 72.8 Å². The normalized spacial score (nSPS) is 11.6. The van der Waals surface area contributed by atoms with Crippen LogP contribution in [0.5, 0.6) is 46.8 Å². The van der Waals surface area contributed by atoms with Crippen LogP contribution in [0.1, 0.15) is 26.3 Å². The van der Waals surface area contributed by atoms with Gasteiger partial charge in [-0.2, -0.15) is 0 Å². The third-order valence-electron chi connectivity index (χ3n) is 7.93. The summed E-state index contributed by atoms with van der Waals surface area (Å²) in [4.78, 5) is 15.6. The van der Waals surface area contributed by atoms with E-state index in [-0.39, 0.29) is 46.4 Å². The molecule has 5 aromatic carbocycles. The first-order valence-electron chi connectivity index (χ1n) is 16.1. The van der Waals surface area contributed by atoms with Gasteiger partial charge in [-0.3, -0.25) is 0 Å². The van der Waals surface area contributed by atoms with E-state index in [2.05, 4.69) is 56.1 Å². The summed E-state index contributed by atoms with van der Waals surface area (Å²) in [6.07, 6.45) is 0. The first kappa shape index (κ1) is 33.6. The molecular formula is C37H27Cl2N9O5. The fraction of sp³-hybridized carbons (Fsp3) is 0.108. The molecule has 0 radical (unpaired) electrons. The lowest BCUT2D eigenvalue weighted by Crippen LogP contribution is -2.10. The highest BCUT2D eigenvalue weighted by Crippen LogP contribution is 2.34. The number of fused-ring (bicyclic) bond motifs is 2. The minimum Gasteiger partial charge on any atom is -0.505 e. The van der Waals surface area contributed by atoms with Gasteiger partial charge in [0.05, 0.1) is 0 Å². The van der Waals surface area contributed by atoms with Crippen LogP contribution in [-0.2, 0) is 5.41 Å². The van der Waals surface area contributed by atoms with Crippen molar-refractivity contribution in [1.82, 2.24) is 44.9 Å². The monoisotopic (exact) mass is 747 g/mol. The number of halogens is 2. The Morgan fingerprint density at radius 2 is 0.887 bits per heavy atom. The largest absolute Gasteiger partial charge is 0.505 e. The first-order valence-corrected chi connectivity index (χ1v) is 16.8. The summed E-state index contributed by atoms with van der Waals surface area (Å²) in [5.41, 5.74) is 4.00. The van der Waals surface area contributed by atoms with Gasteiger partial charge in [0.15, 0.2) is 0 Å². The smallest absolute Gasteiger partial charge is 0.331 e. The molecule has 0 bridgehead atoms. The van der Waals surface area contributed by atoms with E-state index in [9.17, 15) is 10.2 Å². The lowest BCUT2D eigenvalue weighted by Gasteiger charge is -2.19. The summed E-state index contributed by atoms with van der Waals surface area (Å²) in [5, 5.41) is 40.5. The maximum absolute atomic E-state index is 10.9. The van der Waals surface area contributed by atoms with Crippen molar-refractivity contribution in [2.24, 2.45) is 0 Å². The van der Waals surface area contributed by atoms with Gasteiger partial charge in [-0.1, -0.05) is 56.1 Å². The second-order valence-corrected chi connectivity index (χ2v) is 13.7. The number of aromatic nitrogens is 9. The van der Waals surface area contributed by atoms with Gasteiger partial charge in [0.1, 0.15) is 62.2 Å². The van der Waals surface area contributed by atoms with Gasteiger partial charge >= 0.3 is 18.0 Å². The Labute approximate surface area is 310 Å². The molecular weight excluding hydrogens is 721 g/mol. The molecule has 0 atom stereocenters. The molecule has 264 valence electrons. The van der Waals surface area contributed by atoms with Gasteiger partial charge in [0.25, 0.3) is 0 Å². The van der Waals surface area contributed by atoms with Crippen LogP contribution in [0.3, 0.4) is 0 Å². The topological polar surface area (TPSA) is 168 Å². The highest BCUT2D eigenvalue weighted by molar-refractivity contribution is 6.31. The molecule has 3 heterocycles. The SMILES string of the molecule is CC(C)(C)c1ccc(Oc2nc(Oc3ccc(-n4nc5ccc(Cl)cc5n4)c(O)c3)nc(Oc3ccc(-n4nc5ccc(Cl)cc5n4)c(O)c3)n2)cc1. The summed E-state index contributed by atoms with van der Waals surface area (Å²) in [6, 6.07) is 26.3. The Kier molecular flexibility index (Phi) is 8.39. The molecule has 0 unspecified atom stereocenters. The predicted octanol–water partition coefficient (Wildman–Crippen LogP) is 8.73. The third-order valence-corrected chi connectivity index (χ3v) is 8.40. The Morgan fingerprint density at radius 1 is 0.491 bits per heavy atom. The lowest BCUT2D eigenvalue weighted by atomic mass is 9.87. The predicted molar refractivity (Wildman–Crippen MR) is 196 cm³/mol. The molecule has 0 saturated carbocycles. The van der Waals surface area contributed by atoms with Crippen LogP contribution in [0.4, 0.5) is 0 Å². The molecule has 0 aliphatic heterocycles. The molecule has 0 aliphatic rings. The molecule has 0 aliphatic carbocycles. The first-order chi connectivity index (χ1) is 25.4. The zero-order valence-corrected chi connectivity index (χ0v) is 29.6. The van der Waals surface area contributed by atoms with Gasteiger partial charge in [-0.25, -0.2) is 0 Å². The average Bonchev–Trinajstić information content (AvgIpc) is 3.72. The van der Waals surface area contributed by atoms with E-state index < -0.39 is 0 Å². The van der Waals surface area contributed by atoms with Crippen LogP contribution in [0.2, 0.25) is 10.0 Å². The van der Waals surface area contributed by atoms with Crippen molar-refractivity contribution in [2.45, 2.75) is 26.2 Å². The highest BCUT2D eigenvalue weighted by atomic mass is 35.5. The van der Waals surface area contributed by atoms with Gasteiger partial charge in [-0.05, 0) is 83.8 Å². The van der Waals surface area contributed by atoms with Crippen LogP contribution in [-0.4, -0.2) is 55.2 Å². The second-order valence-electron chi connectivity index (χ2n) is 12.8. The summed E-state index contributed by atoms with van der Waals surface area (Å²) in [5.74, 6) is 0.490. The van der Waals surface area contributed by atoms with Gasteiger partial charge < -0.3 is 24.4 Å². The molecule has 53 heavy (non-hydrogen) atoms. The Hall–Kier alpha value is -6.51. The number of ether oxygens (including phenoxy) is 3. The molecule has 0 spiro atoms. The maximum atomic E-state index is 10.9. The summed E-state index contributed by atoms with van der Waals surface area (Å²) in [7, 11) is 0. The van der Waals surface area contributed by atoms with Crippen LogP contribution in [0.15, 0.2) is 97.1 Å². The van der Waals surface area contributed by atoms with E-state index >= 15 is 0 Å². The quantitative estimate of drug-likeness (QED) is 0.152. The number of nitrogens with zero attached hydrogens (tertiary/aromatic N) is 9. The molecule has 0 amide bonds. The molecule has 0 saturated heterocycles. The summed E-state index contributed by atoms with van der Waals surface area (Å²) in [6.45, 7) is 6.35. The minimum atomic E-state index is -0.201. The van der Waals surface area contributed by atoms with Crippen molar-refractivity contribution < 1.29 is 24.4 Å². The van der Waals surface area contributed by atoms with Crippen molar-refractivity contribution >= 4 is 45.3 Å². The number of aromatic hydroxyl groups is 2. The fourth-order valence-corrected chi connectivity index (χ4v) is 5.59. The molecule has 8 rings (SSSR count). The number of benzene rings is 5. The zero-order chi connectivity index (χ0) is 36.9. The van der Waals surface area contributed by atoms with Crippen molar-refractivity contribution in [3.05, 3.63) is 113 Å². The number of phenolic OH excluding ortho intramolecular Hbond substituents is 2. The van der Waals surface area contributed by atoms with Gasteiger partial charge in [-0.15, -0.1) is 44.9 Å². The number of phenols is 2. The van der Waals surface area contributed by atoms with E-state index in [0.717, 1.165) is 5.56 Å². The van der Waals surface area contributed by atoms with Crippen LogP contribution >= 0.6 is 23.2 Å². The minimum absolute atomic E-state index is 0.0563. The molecule has 14 nitrogen and oxygen atoms in total. The van der Waals surface area contributed by atoms with Crippen LogP contribution in [0, 0.1) is 0 Å². The highest BCUT2D eigenvalue weighted by Gasteiger charge is 2.18. The van der Waals surface area contributed by atoms with Crippen molar-refractivity contribution in [2.75, 3.05) is 0 Å². The second kappa shape index (κ2) is 13.2. The van der Waals surface area contributed by atoms with Gasteiger partial charge in [0.2, 0.25) is 0 Å². The van der Waals surface area contributed by atoms with Crippen molar-refractivity contribution in [1.29, 1.82) is 0 Å². The van der Waals surface area contributed by atoms with E-state index in [0.29, 0.717) is 49.2 Å². The zero-order valence-electron chi connectivity index (χ0n) is 28.1. The third kappa shape index (κ3) is 7.18. The summed E-state index contributed by atoms with van der Waals surface area (Å²) >= 11 is 12.2.